The van der Waals surface area contributed by atoms with Gasteiger partial charge in [-0.05, 0) is 51.7 Å². The summed E-state index contributed by atoms with van der Waals surface area (Å²) >= 11 is 0. The first-order chi connectivity index (χ1) is 13.9. The lowest BCUT2D eigenvalue weighted by Gasteiger charge is -2.49. The highest BCUT2D eigenvalue weighted by molar-refractivity contribution is 7.89. The molecule has 3 fully saturated rings. The summed E-state index contributed by atoms with van der Waals surface area (Å²) in [4.78, 5) is 9.44. The topological polar surface area (TPSA) is 66.0 Å². The summed E-state index contributed by atoms with van der Waals surface area (Å²) in [5, 5.41) is 0. The molecule has 3 saturated heterocycles. The van der Waals surface area contributed by atoms with Gasteiger partial charge in [0.25, 0.3) is 0 Å². The number of pyridine rings is 1. The molecule has 3 aliphatic rings. The first-order valence-corrected chi connectivity index (χ1v) is 12.4. The lowest BCUT2D eigenvalue weighted by molar-refractivity contribution is -0.130. The maximum Gasteiger partial charge on any atom is 0.244 e. The van der Waals surface area contributed by atoms with E-state index in [2.05, 4.69) is 28.6 Å². The zero-order chi connectivity index (χ0) is 20.5. The molecule has 0 N–H and O–H groups in total. The lowest BCUT2D eigenvalue weighted by Crippen LogP contribution is -2.58. The van der Waals surface area contributed by atoms with Crippen LogP contribution in [0.5, 0.6) is 0 Å². The average Bonchev–Trinajstić information content (AvgIpc) is 2.75. The molecule has 0 aliphatic carbocycles. The summed E-state index contributed by atoms with van der Waals surface area (Å²) in [6, 6.07) is 4.46. The van der Waals surface area contributed by atoms with Crippen LogP contribution in [0.15, 0.2) is 29.4 Å². The van der Waals surface area contributed by atoms with E-state index < -0.39 is 10.0 Å². The van der Waals surface area contributed by atoms with Crippen molar-refractivity contribution in [3.8, 4) is 0 Å². The van der Waals surface area contributed by atoms with Crippen LogP contribution in [0.4, 0.5) is 0 Å². The van der Waals surface area contributed by atoms with Gasteiger partial charge in [0, 0.05) is 70.4 Å². The highest BCUT2D eigenvalue weighted by atomic mass is 32.2. The minimum Gasteiger partial charge on any atom is -0.375 e. The second kappa shape index (κ2) is 8.59. The Bertz CT molecular complexity index is 770. The summed E-state index contributed by atoms with van der Waals surface area (Å²) in [5.74, 6) is 0. The van der Waals surface area contributed by atoms with Gasteiger partial charge in [0.1, 0.15) is 4.90 Å². The monoisotopic (exact) mass is 422 g/mol. The van der Waals surface area contributed by atoms with E-state index in [9.17, 15) is 8.42 Å². The van der Waals surface area contributed by atoms with Crippen LogP contribution in [0.3, 0.4) is 0 Å². The molecule has 4 rings (SSSR count). The smallest absolute Gasteiger partial charge is 0.244 e. The number of aromatic nitrogens is 1. The molecule has 0 bridgehead atoms. The van der Waals surface area contributed by atoms with Gasteiger partial charge in [0.15, 0.2) is 0 Å². The van der Waals surface area contributed by atoms with Gasteiger partial charge < -0.3 is 4.74 Å². The Morgan fingerprint density at radius 1 is 1.14 bits per heavy atom. The van der Waals surface area contributed by atoms with Gasteiger partial charge in [-0.2, -0.15) is 4.31 Å². The van der Waals surface area contributed by atoms with Crippen LogP contribution in [-0.2, 0) is 14.8 Å². The molecule has 3 aliphatic heterocycles. The predicted molar refractivity (Wildman–Crippen MR) is 112 cm³/mol. The number of piperazine rings is 1. The van der Waals surface area contributed by atoms with Gasteiger partial charge in [-0.15, -0.1) is 0 Å². The van der Waals surface area contributed by atoms with Gasteiger partial charge in [-0.1, -0.05) is 0 Å². The van der Waals surface area contributed by atoms with E-state index in [1.807, 2.05) is 0 Å². The second-order valence-electron chi connectivity index (χ2n) is 8.94. The highest BCUT2D eigenvalue weighted by Crippen LogP contribution is 2.38. The average molecular weight is 423 g/mol. The minimum absolute atomic E-state index is 0.168. The molecule has 0 amide bonds. The van der Waals surface area contributed by atoms with E-state index in [0.717, 1.165) is 58.5 Å². The fourth-order valence-electron chi connectivity index (χ4n) is 5.06. The number of nitrogens with zero attached hydrogens (tertiary/aromatic N) is 4. The summed E-state index contributed by atoms with van der Waals surface area (Å²) in [5.41, 5.74) is -0.168. The van der Waals surface area contributed by atoms with Crippen molar-refractivity contribution < 1.29 is 13.2 Å². The number of sulfonamides is 1. The molecule has 1 aromatic heterocycles. The molecule has 1 spiro atoms. The van der Waals surface area contributed by atoms with Crippen LogP contribution in [-0.4, -0.2) is 91.1 Å². The van der Waals surface area contributed by atoms with Gasteiger partial charge in [0.05, 0.1) is 5.60 Å². The van der Waals surface area contributed by atoms with Gasteiger partial charge >= 0.3 is 0 Å². The summed E-state index contributed by atoms with van der Waals surface area (Å²) < 4.78 is 33.7. The quantitative estimate of drug-likeness (QED) is 0.737. The number of ether oxygens (including phenoxy) is 1. The Morgan fingerprint density at radius 3 is 2.48 bits per heavy atom. The summed E-state index contributed by atoms with van der Waals surface area (Å²) in [7, 11) is -3.47. The van der Waals surface area contributed by atoms with E-state index >= 15 is 0 Å². The van der Waals surface area contributed by atoms with E-state index in [1.54, 1.807) is 22.6 Å². The maximum absolute atomic E-state index is 12.9. The first kappa shape index (κ1) is 21.2. The molecule has 0 aromatic carbocycles. The third-order valence-corrected chi connectivity index (χ3v) is 8.85. The van der Waals surface area contributed by atoms with Gasteiger partial charge in [0.2, 0.25) is 10.0 Å². The van der Waals surface area contributed by atoms with E-state index in [1.165, 1.54) is 6.20 Å². The fourth-order valence-corrected chi connectivity index (χ4v) is 6.47. The van der Waals surface area contributed by atoms with Crippen LogP contribution in [0.2, 0.25) is 0 Å². The Labute approximate surface area is 175 Å². The minimum atomic E-state index is -3.47. The van der Waals surface area contributed by atoms with Gasteiger partial charge in [-0.25, -0.2) is 8.42 Å². The highest BCUT2D eigenvalue weighted by Gasteiger charge is 2.44. The number of piperidine rings is 1. The van der Waals surface area contributed by atoms with Crippen molar-refractivity contribution in [2.24, 2.45) is 0 Å². The molecule has 8 heteroatoms. The molecular formula is C21H34N4O3S. The maximum atomic E-state index is 12.9. The molecule has 7 nitrogen and oxygen atoms in total. The van der Waals surface area contributed by atoms with Crippen molar-refractivity contribution in [3.05, 3.63) is 24.5 Å². The lowest BCUT2D eigenvalue weighted by atomic mass is 9.82. The molecule has 4 heterocycles. The second-order valence-corrected chi connectivity index (χ2v) is 10.9. The predicted octanol–water partition coefficient (Wildman–Crippen LogP) is 1.81. The van der Waals surface area contributed by atoms with Gasteiger partial charge in [-0.3, -0.25) is 14.8 Å². The first-order valence-electron chi connectivity index (χ1n) is 10.9. The van der Waals surface area contributed by atoms with Crippen molar-refractivity contribution in [1.82, 2.24) is 19.1 Å². The summed E-state index contributed by atoms with van der Waals surface area (Å²) in [6.45, 7) is 10.9. The molecule has 0 radical (unpaired) electrons. The van der Waals surface area contributed by atoms with Crippen molar-refractivity contribution in [3.63, 3.8) is 0 Å². The summed E-state index contributed by atoms with van der Waals surface area (Å²) in [6.07, 6.45) is 6.69. The van der Waals surface area contributed by atoms with Crippen LogP contribution in [0.25, 0.3) is 0 Å². The Morgan fingerprint density at radius 2 is 1.86 bits per heavy atom. The van der Waals surface area contributed by atoms with Crippen LogP contribution in [0, 0.1) is 0 Å². The standard InChI is InChI=1S/C21H34N4O3S/c1-18(2)23-11-13-24(14-12-23)19-5-15-28-21(16-19)6-9-25(10-7-21)29(26,27)20-4-3-8-22-17-20/h3-4,8,17-19H,5-7,9-16H2,1-2H3. The fraction of sp³-hybridized carbons (Fsp3) is 0.762. The molecule has 29 heavy (non-hydrogen) atoms. The van der Waals surface area contributed by atoms with Crippen molar-refractivity contribution in [2.75, 3.05) is 45.9 Å². The third kappa shape index (κ3) is 4.51. The molecule has 0 saturated carbocycles. The SMILES string of the molecule is CC(C)N1CCN(C2CCOC3(CCN(S(=O)(=O)c4cccnc4)CC3)C2)CC1. The zero-order valence-corrected chi connectivity index (χ0v) is 18.5. The Kier molecular flexibility index (Phi) is 6.27. The zero-order valence-electron chi connectivity index (χ0n) is 17.7. The van der Waals surface area contributed by atoms with Crippen LogP contribution >= 0.6 is 0 Å². The van der Waals surface area contributed by atoms with Crippen LogP contribution < -0.4 is 0 Å². The van der Waals surface area contributed by atoms with E-state index in [4.69, 9.17) is 4.74 Å². The third-order valence-electron chi connectivity index (χ3n) is 6.97. The largest absolute Gasteiger partial charge is 0.375 e. The molecule has 1 aromatic rings. The van der Waals surface area contributed by atoms with E-state index in [-0.39, 0.29) is 10.5 Å². The normalized spacial score (nSPS) is 27.5. The molecule has 1 atom stereocenters. The Balaban J connectivity index is 1.36. The molecular weight excluding hydrogens is 388 g/mol. The molecule has 1 unspecified atom stereocenters. The number of hydrogen-bond donors (Lipinski definition) is 0. The van der Waals surface area contributed by atoms with Crippen LogP contribution in [0.1, 0.15) is 39.5 Å². The number of hydrogen-bond acceptors (Lipinski definition) is 6. The Hall–Kier alpha value is -1.06. The molecule has 162 valence electrons. The van der Waals surface area contributed by atoms with Crippen molar-refractivity contribution in [2.45, 2.75) is 62.1 Å². The van der Waals surface area contributed by atoms with E-state index in [0.29, 0.717) is 25.2 Å². The van der Waals surface area contributed by atoms with Crippen molar-refractivity contribution in [1.29, 1.82) is 0 Å². The van der Waals surface area contributed by atoms with Crippen molar-refractivity contribution >= 4 is 10.0 Å². The number of rotatable bonds is 4.